The third kappa shape index (κ3) is 5.03. The number of nitrogens with zero attached hydrogens (tertiary/aromatic N) is 5. The van der Waals surface area contributed by atoms with Gasteiger partial charge in [-0.1, -0.05) is 0 Å². The van der Waals surface area contributed by atoms with Crippen molar-refractivity contribution in [3.8, 4) is 17.6 Å². The van der Waals surface area contributed by atoms with E-state index in [2.05, 4.69) is 41.5 Å². The molecule has 0 saturated carbocycles. The van der Waals surface area contributed by atoms with Gasteiger partial charge in [-0.15, -0.1) is 0 Å². The molecule has 1 aliphatic heterocycles. The van der Waals surface area contributed by atoms with Crippen molar-refractivity contribution in [3.05, 3.63) is 54.1 Å². The van der Waals surface area contributed by atoms with Crippen molar-refractivity contribution in [1.29, 1.82) is 5.26 Å². The van der Waals surface area contributed by atoms with E-state index < -0.39 is 0 Å². The second-order valence-corrected chi connectivity index (χ2v) is 7.78. The minimum Gasteiger partial charge on any atom is -0.369 e. The van der Waals surface area contributed by atoms with E-state index in [0.717, 1.165) is 43.6 Å². The topological polar surface area (TPSA) is 123 Å². The highest BCUT2D eigenvalue weighted by Crippen LogP contribution is 2.29. The van der Waals surface area contributed by atoms with E-state index in [-0.39, 0.29) is 6.03 Å². The summed E-state index contributed by atoms with van der Waals surface area (Å²) in [7, 11) is 0. The van der Waals surface area contributed by atoms with E-state index in [0.29, 0.717) is 35.5 Å². The highest BCUT2D eigenvalue weighted by molar-refractivity contribution is 5.88. The SMILES string of the molecule is CCNC(=O)Nc1cc(CC2CCN(c3ccc(-c4ncc[nH]4)nc3C#N)CC2)ccn1. The number of piperidine rings is 1. The Bertz CT molecular complexity index is 1100. The summed E-state index contributed by atoms with van der Waals surface area (Å²) in [6.45, 7) is 4.18. The molecule has 9 heteroatoms. The molecule has 1 fully saturated rings. The Balaban J connectivity index is 1.37. The number of nitrogens with one attached hydrogen (secondary N) is 3. The third-order valence-electron chi connectivity index (χ3n) is 5.60. The number of H-pyrrole nitrogens is 1. The highest BCUT2D eigenvalue weighted by Gasteiger charge is 2.22. The van der Waals surface area contributed by atoms with E-state index in [1.165, 1.54) is 0 Å². The van der Waals surface area contributed by atoms with Crippen LogP contribution in [0.5, 0.6) is 0 Å². The zero-order valence-corrected chi connectivity index (χ0v) is 18.0. The van der Waals surface area contributed by atoms with Crippen LogP contribution in [0.25, 0.3) is 11.5 Å². The minimum absolute atomic E-state index is 0.245. The largest absolute Gasteiger partial charge is 0.369 e. The van der Waals surface area contributed by atoms with Crippen LogP contribution in [-0.2, 0) is 6.42 Å². The summed E-state index contributed by atoms with van der Waals surface area (Å²) in [6, 6.07) is 9.80. The Morgan fingerprint density at radius 3 is 2.81 bits per heavy atom. The van der Waals surface area contributed by atoms with Gasteiger partial charge in [-0.05, 0) is 61.9 Å². The summed E-state index contributed by atoms with van der Waals surface area (Å²) in [4.78, 5) is 29.9. The zero-order valence-electron chi connectivity index (χ0n) is 18.0. The van der Waals surface area contributed by atoms with Crippen LogP contribution in [0.15, 0.2) is 42.9 Å². The van der Waals surface area contributed by atoms with Crippen molar-refractivity contribution in [1.82, 2.24) is 25.3 Å². The van der Waals surface area contributed by atoms with Crippen LogP contribution in [-0.4, -0.2) is 45.6 Å². The lowest BCUT2D eigenvalue weighted by atomic mass is 9.90. The van der Waals surface area contributed by atoms with Gasteiger partial charge in [0.05, 0.1) is 5.69 Å². The number of anilines is 2. The number of nitriles is 1. The molecular formula is C23H26N8O. The Kier molecular flexibility index (Phi) is 6.60. The van der Waals surface area contributed by atoms with Crippen molar-refractivity contribution in [2.75, 3.05) is 29.9 Å². The lowest BCUT2D eigenvalue weighted by molar-refractivity contribution is 0.252. The number of aromatic nitrogens is 4. The molecule has 0 unspecified atom stereocenters. The van der Waals surface area contributed by atoms with Crippen LogP contribution >= 0.6 is 0 Å². The van der Waals surface area contributed by atoms with Crippen molar-refractivity contribution in [2.45, 2.75) is 26.2 Å². The molecule has 2 amide bonds. The summed E-state index contributed by atoms with van der Waals surface area (Å²) in [5, 5.41) is 15.1. The van der Waals surface area contributed by atoms with Crippen LogP contribution in [0.2, 0.25) is 0 Å². The molecule has 164 valence electrons. The normalized spacial score (nSPS) is 14.1. The Labute approximate surface area is 186 Å². The van der Waals surface area contributed by atoms with E-state index in [1.807, 2.05) is 31.2 Å². The molecule has 0 aromatic carbocycles. The van der Waals surface area contributed by atoms with Gasteiger partial charge in [0.15, 0.2) is 11.5 Å². The number of imidazole rings is 1. The molecule has 3 aromatic heterocycles. The maximum absolute atomic E-state index is 11.7. The first kappa shape index (κ1) is 21.3. The summed E-state index contributed by atoms with van der Waals surface area (Å²) < 4.78 is 0. The second kappa shape index (κ2) is 9.92. The molecule has 4 rings (SSSR count). The van der Waals surface area contributed by atoms with E-state index in [1.54, 1.807) is 18.6 Å². The first-order valence-electron chi connectivity index (χ1n) is 10.8. The van der Waals surface area contributed by atoms with Crippen molar-refractivity contribution >= 4 is 17.5 Å². The fourth-order valence-corrected chi connectivity index (χ4v) is 4.03. The first-order chi connectivity index (χ1) is 15.7. The van der Waals surface area contributed by atoms with Gasteiger partial charge in [0.2, 0.25) is 0 Å². The molecule has 0 spiro atoms. The summed E-state index contributed by atoms with van der Waals surface area (Å²) in [5.74, 6) is 1.75. The fraction of sp³-hybridized carbons (Fsp3) is 0.348. The van der Waals surface area contributed by atoms with Gasteiger partial charge >= 0.3 is 6.03 Å². The molecule has 4 heterocycles. The van der Waals surface area contributed by atoms with Crippen molar-refractivity contribution in [3.63, 3.8) is 0 Å². The predicted molar refractivity (Wildman–Crippen MR) is 122 cm³/mol. The molecule has 0 radical (unpaired) electrons. The Morgan fingerprint density at radius 2 is 2.09 bits per heavy atom. The van der Waals surface area contributed by atoms with Crippen LogP contribution in [0, 0.1) is 17.2 Å². The average Bonchev–Trinajstić information content (AvgIpc) is 3.35. The van der Waals surface area contributed by atoms with Crippen LogP contribution < -0.4 is 15.5 Å². The highest BCUT2D eigenvalue weighted by atomic mass is 16.2. The lowest BCUT2D eigenvalue weighted by Crippen LogP contribution is -2.35. The molecule has 9 nitrogen and oxygen atoms in total. The van der Waals surface area contributed by atoms with Crippen LogP contribution in [0.1, 0.15) is 31.0 Å². The maximum Gasteiger partial charge on any atom is 0.320 e. The lowest BCUT2D eigenvalue weighted by Gasteiger charge is -2.34. The van der Waals surface area contributed by atoms with E-state index >= 15 is 0 Å². The second-order valence-electron chi connectivity index (χ2n) is 7.78. The van der Waals surface area contributed by atoms with Crippen LogP contribution in [0.4, 0.5) is 16.3 Å². The molecule has 1 saturated heterocycles. The number of pyridine rings is 2. The first-order valence-corrected chi connectivity index (χ1v) is 10.8. The number of aromatic amines is 1. The quantitative estimate of drug-likeness (QED) is 0.551. The number of hydrogen-bond donors (Lipinski definition) is 3. The van der Waals surface area contributed by atoms with Gasteiger partial charge in [-0.3, -0.25) is 5.32 Å². The molecule has 1 aliphatic rings. The van der Waals surface area contributed by atoms with E-state index in [4.69, 9.17) is 0 Å². The monoisotopic (exact) mass is 430 g/mol. The van der Waals surface area contributed by atoms with Crippen LogP contribution in [0.3, 0.4) is 0 Å². The van der Waals surface area contributed by atoms with Gasteiger partial charge < -0.3 is 15.2 Å². The molecule has 3 aromatic rings. The van der Waals surface area contributed by atoms with Gasteiger partial charge in [0, 0.05) is 38.2 Å². The zero-order chi connectivity index (χ0) is 22.3. The smallest absolute Gasteiger partial charge is 0.320 e. The third-order valence-corrected chi connectivity index (χ3v) is 5.60. The molecule has 32 heavy (non-hydrogen) atoms. The summed E-state index contributed by atoms with van der Waals surface area (Å²) >= 11 is 0. The number of urea groups is 1. The molecule has 3 N–H and O–H groups in total. The Hall–Kier alpha value is -3.93. The molecule has 0 atom stereocenters. The maximum atomic E-state index is 11.7. The van der Waals surface area contributed by atoms with E-state index in [9.17, 15) is 10.1 Å². The minimum atomic E-state index is -0.245. The van der Waals surface area contributed by atoms with Gasteiger partial charge in [-0.25, -0.2) is 19.7 Å². The summed E-state index contributed by atoms with van der Waals surface area (Å²) in [6.07, 6.45) is 8.12. The van der Waals surface area contributed by atoms with Gasteiger partial charge in [0.25, 0.3) is 0 Å². The van der Waals surface area contributed by atoms with Gasteiger partial charge in [-0.2, -0.15) is 5.26 Å². The average molecular weight is 431 g/mol. The Morgan fingerprint density at radius 1 is 1.25 bits per heavy atom. The number of rotatable bonds is 6. The predicted octanol–water partition coefficient (Wildman–Crippen LogP) is 3.34. The molecule has 0 bridgehead atoms. The standard InChI is InChI=1S/C23H26N8O/c1-2-25-23(32)30-21-14-17(5-8-26-21)13-16-6-11-31(12-7-16)20-4-3-18(29-19(20)15-24)22-27-9-10-28-22/h3-5,8-10,14,16H,2,6-7,11-13H2,1H3,(H,27,28)(H2,25,26,30,32). The number of carbonyl (C=O) groups excluding carboxylic acids is 1. The summed E-state index contributed by atoms with van der Waals surface area (Å²) in [5.41, 5.74) is 3.12. The van der Waals surface area contributed by atoms with Crippen molar-refractivity contribution < 1.29 is 4.79 Å². The van der Waals surface area contributed by atoms with Crippen molar-refractivity contribution in [2.24, 2.45) is 5.92 Å². The van der Waals surface area contributed by atoms with Gasteiger partial charge in [0.1, 0.15) is 17.6 Å². The molecule has 0 aliphatic carbocycles. The number of hydrogen-bond acceptors (Lipinski definition) is 6. The molecular weight excluding hydrogens is 404 g/mol. The number of amides is 2. The fourth-order valence-electron chi connectivity index (χ4n) is 4.03. The number of carbonyl (C=O) groups is 1.